The molecule has 0 aliphatic carbocycles. The number of nitro groups is 1. The lowest BCUT2D eigenvalue weighted by Crippen LogP contribution is -2.25. The van der Waals surface area contributed by atoms with E-state index in [1.54, 1.807) is 11.1 Å². The first kappa shape index (κ1) is 20.9. The minimum Gasteiger partial charge on any atom is -0.504 e. The Bertz CT molecular complexity index is 948. The predicted molar refractivity (Wildman–Crippen MR) is 105 cm³/mol. The predicted octanol–water partition coefficient (Wildman–Crippen LogP) is 1.62. The monoisotopic (exact) mass is 390 g/mol. The lowest BCUT2D eigenvalue weighted by Gasteiger charge is -2.08. The van der Waals surface area contributed by atoms with Crippen LogP contribution in [0.1, 0.15) is 30.5 Å². The number of aromatic nitrogens is 2. The molecule has 10 nitrogen and oxygen atoms in total. The van der Waals surface area contributed by atoms with Gasteiger partial charge >= 0.3 is 16.9 Å². The van der Waals surface area contributed by atoms with Crippen LogP contribution in [0, 0.1) is 10.1 Å². The number of nitrogens with zero attached hydrogens (tertiary/aromatic N) is 1. The molecular formula is C18H22N4O6. The number of nitrogens with one attached hydrogen (secondary N) is 3. The number of hydrogen-bond acceptors (Lipinski definition) is 7. The standard InChI is InChI=1S/C13H11N3O6.C5H11N/c1-22-10-5-3-7(6-9(10)17)2-4-8-11(16(20)21)12(18)15-13(19)14-8;1-2-4-6-5-3-1/h2-6,17H,1H3,(H2,14,15,18,19);6H,1-5H2/b4-2+;. The number of piperidine rings is 1. The fourth-order valence-corrected chi connectivity index (χ4v) is 2.59. The molecule has 1 aromatic heterocycles. The van der Waals surface area contributed by atoms with Crippen molar-refractivity contribution in [1.82, 2.24) is 15.3 Å². The summed E-state index contributed by atoms with van der Waals surface area (Å²) in [6, 6.07) is 4.46. The van der Waals surface area contributed by atoms with E-state index in [9.17, 15) is 24.8 Å². The highest BCUT2D eigenvalue weighted by Crippen LogP contribution is 2.27. The maximum atomic E-state index is 11.4. The van der Waals surface area contributed by atoms with Crippen LogP contribution in [0.3, 0.4) is 0 Å². The van der Waals surface area contributed by atoms with Gasteiger partial charge in [0.1, 0.15) is 5.69 Å². The maximum absolute atomic E-state index is 11.4. The number of phenolic OH excluding ortho intramolecular Hbond substituents is 1. The number of ether oxygens (including phenoxy) is 1. The third-order valence-electron chi connectivity index (χ3n) is 3.98. The first-order valence-electron chi connectivity index (χ1n) is 8.69. The van der Waals surface area contributed by atoms with Crippen LogP contribution < -0.4 is 21.3 Å². The summed E-state index contributed by atoms with van der Waals surface area (Å²) in [6.45, 7) is 2.50. The van der Waals surface area contributed by atoms with Crippen LogP contribution >= 0.6 is 0 Å². The minimum absolute atomic E-state index is 0.112. The smallest absolute Gasteiger partial charge is 0.357 e. The Morgan fingerprint density at radius 2 is 1.86 bits per heavy atom. The molecule has 0 atom stereocenters. The molecule has 0 radical (unpaired) electrons. The van der Waals surface area contributed by atoms with E-state index in [1.807, 2.05) is 0 Å². The van der Waals surface area contributed by atoms with Crippen molar-refractivity contribution in [1.29, 1.82) is 0 Å². The van der Waals surface area contributed by atoms with Crippen LogP contribution in [0.15, 0.2) is 27.8 Å². The number of aromatic amines is 2. The largest absolute Gasteiger partial charge is 0.504 e. The molecule has 0 amide bonds. The zero-order valence-corrected chi connectivity index (χ0v) is 15.4. The summed E-state index contributed by atoms with van der Waals surface area (Å²) in [5, 5.41) is 23.8. The molecule has 1 saturated heterocycles. The van der Waals surface area contributed by atoms with Gasteiger partial charge in [-0.05, 0) is 49.7 Å². The molecule has 2 heterocycles. The Kier molecular flexibility index (Phi) is 7.52. The minimum atomic E-state index is -1.09. The van der Waals surface area contributed by atoms with Gasteiger partial charge in [-0.15, -0.1) is 0 Å². The highest BCUT2D eigenvalue weighted by Gasteiger charge is 2.18. The molecule has 1 fully saturated rings. The van der Waals surface area contributed by atoms with E-state index >= 15 is 0 Å². The fourth-order valence-electron chi connectivity index (χ4n) is 2.59. The van der Waals surface area contributed by atoms with Crippen LogP contribution in [0.5, 0.6) is 11.5 Å². The third kappa shape index (κ3) is 5.81. The topological polar surface area (TPSA) is 150 Å². The highest BCUT2D eigenvalue weighted by molar-refractivity contribution is 5.72. The van der Waals surface area contributed by atoms with Gasteiger partial charge in [-0.3, -0.25) is 19.9 Å². The van der Waals surface area contributed by atoms with Gasteiger partial charge in [-0.2, -0.15) is 0 Å². The number of benzene rings is 1. The lowest BCUT2D eigenvalue weighted by molar-refractivity contribution is -0.386. The molecular weight excluding hydrogens is 368 g/mol. The molecule has 150 valence electrons. The third-order valence-corrected chi connectivity index (χ3v) is 3.98. The number of hydrogen-bond donors (Lipinski definition) is 4. The van der Waals surface area contributed by atoms with Gasteiger partial charge in [-0.25, -0.2) is 4.79 Å². The quantitative estimate of drug-likeness (QED) is 0.457. The molecule has 0 bridgehead atoms. The maximum Gasteiger partial charge on any atom is 0.357 e. The summed E-state index contributed by atoms with van der Waals surface area (Å²) in [7, 11) is 1.40. The van der Waals surface area contributed by atoms with Crippen molar-refractivity contribution in [2.45, 2.75) is 19.3 Å². The van der Waals surface area contributed by atoms with Crippen LogP contribution in [0.25, 0.3) is 12.2 Å². The number of methoxy groups -OCH3 is 1. The Hall–Kier alpha value is -3.40. The Labute approximate surface area is 160 Å². The lowest BCUT2D eigenvalue weighted by atomic mass is 10.1. The van der Waals surface area contributed by atoms with E-state index in [0.29, 0.717) is 5.56 Å². The van der Waals surface area contributed by atoms with Gasteiger partial charge in [0.2, 0.25) is 0 Å². The zero-order valence-electron chi connectivity index (χ0n) is 15.4. The summed E-state index contributed by atoms with van der Waals surface area (Å²) in [5.74, 6) is 0.159. The molecule has 1 aromatic carbocycles. The van der Waals surface area contributed by atoms with Crippen molar-refractivity contribution in [3.05, 3.63) is 60.4 Å². The Morgan fingerprint density at radius 1 is 1.14 bits per heavy atom. The average Bonchev–Trinajstić information content (AvgIpc) is 2.67. The van der Waals surface area contributed by atoms with Gasteiger partial charge < -0.3 is 20.1 Å². The fraction of sp³-hybridized carbons (Fsp3) is 0.333. The van der Waals surface area contributed by atoms with Gasteiger partial charge in [0, 0.05) is 0 Å². The molecule has 28 heavy (non-hydrogen) atoms. The average molecular weight is 390 g/mol. The summed E-state index contributed by atoms with van der Waals surface area (Å²) in [6.07, 6.45) is 6.82. The zero-order chi connectivity index (χ0) is 20.5. The van der Waals surface area contributed by atoms with E-state index in [2.05, 4.69) is 10.3 Å². The summed E-state index contributed by atoms with van der Waals surface area (Å²) < 4.78 is 4.89. The van der Waals surface area contributed by atoms with E-state index in [0.717, 1.165) is 0 Å². The first-order chi connectivity index (χ1) is 13.4. The Balaban J connectivity index is 0.000000397. The van der Waals surface area contributed by atoms with Crippen LogP contribution in [0.4, 0.5) is 5.69 Å². The van der Waals surface area contributed by atoms with Gasteiger partial charge in [0.05, 0.1) is 12.0 Å². The van der Waals surface area contributed by atoms with Crippen molar-refractivity contribution in [3.63, 3.8) is 0 Å². The molecule has 3 rings (SSSR count). The number of rotatable bonds is 4. The van der Waals surface area contributed by atoms with Crippen LogP contribution in [-0.2, 0) is 0 Å². The first-order valence-corrected chi connectivity index (χ1v) is 8.69. The van der Waals surface area contributed by atoms with Crippen LogP contribution in [0.2, 0.25) is 0 Å². The van der Waals surface area contributed by atoms with Crippen molar-refractivity contribution >= 4 is 17.8 Å². The second-order valence-corrected chi connectivity index (χ2v) is 6.00. The molecule has 0 unspecified atom stereocenters. The summed E-state index contributed by atoms with van der Waals surface area (Å²) in [5.41, 5.74) is -2.46. The number of phenols is 1. The van der Waals surface area contributed by atoms with Crippen molar-refractivity contribution in [2.75, 3.05) is 20.2 Å². The molecule has 4 N–H and O–H groups in total. The van der Waals surface area contributed by atoms with Gasteiger partial charge in [-0.1, -0.05) is 18.6 Å². The van der Waals surface area contributed by atoms with E-state index < -0.39 is 21.9 Å². The van der Waals surface area contributed by atoms with E-state index in [4.69, 9.17) is 4.74 Å². The van der Waals surface area contributed by atoms with Gasteiger partial charge in [0.25, 0.3) is 0 Å². The van der Waals surface area contributed by atoms with Crippen molar-refractivity contribution < 1.29 is 14.8 Å². The van der Waals surface area contributed by atoms with E-state index in [-0.39, 0.29) is 17.2 Å². The van der Waals surface area contributed by atoms with Crippen molar-refractivity contribution in [2.24, 2.45) is 0 Å². The molecule has 1 aliphatic heterocycles. The second kappa shape index (κ2) is 10.1. The Morgan fingerprint density at radius 3 is 2.36 bits per heavy atom. The number of H-pyrrole nitrogens is 2. The normalized spacial score (nSPS) is 13.6. The van der Waals surface area contributed by atoms with Crippen LogP contribution in [-0.4, -0.2) is 40.2 Å². The second-order valence-electron chi connectivity index (χ2n) is 6.00. The molecule has 0 spiro atoms. The summed E-state index contributed by atoms with van der Waals surface area (Å²) in [4.78, 5) is 36.6. The SMILES string of the molecule is C1CCNCC1.COc1ccc(/C=C/c2[nH]c(=O)[nH]c(=O)c2[N+](=O)[O-])cc1O. The molecule has 1 aliphatic rings. The van der Waals surface area contributed by atoms with Crippen molar-refractivity contribution in [3.8, 4) is 11.5 Å². The van der Waals surface area contributed by atoms with E-state index in [1.165, 1.54) is 63.7 Å². The summed E-state index contributed by atoms with van der Waals surface area (Å²) >= 11 is 0. The highest BCUT2D eigenvalue weighted by atomic mass is 16.6. The molecule has 10 heteroatoms. The molecule has 2 aromatic rings. The van der Waals surface area contributed by atoms with Gasteiger partial charge in [0.15, 0.2) is 11.5 Å². The number of aromatic hydroxyl groups is 1. The molecule has 0 saturated carbocycles.